The van der Waals surface area contributed by atoms with Crippen molar-refractivity contribution in [1.82, 2.24) is 14.8 Å². The Morgan fingerprint density at radius 2 is 1.92 bits per heavy atom. The Morgan fingerprint density at radius 1 is 1.24 bits per heavy atom. The molecule has 0 spiro atoms. The minimum absolute atomic E-state index is 0.176. The molecule has 3 amide bonds. The van der Waals surface area contributed by atoms with Gasteiger partial charge in [0.1, 0.15) is 6.54 Å². The number of amides is 3. The molecule has 1 N–H and O–H groups in total. The number of likely N-dealkylation sites (tertiary alicyclic amines) is 1. The highest BCUT2D eigenvalue weighted by Gasteiger charge is 2.48. The number of hydrogen-bond acceptors (Lipinski definition) is 6. The van der Waals surface area contributed by atoms with Crippen molar-refractivity contribution >= 4 is 34.2 Å². The van der Waals surface area contributed by atoms with Gasteiger partial charge in [-0.1, -0.05) is 12.8 Å². The predicted molar refractivity (Wildman–Crippen MR) is 92.9 cm³/mol. The van der Waals surface area contributed by atoms with Crippen molar-refractivity contribution in [3.05, 3.63) is 10.6 Å². The topological polar surface area (TPSA) is 82.6 Å². The number of imide groups is 1. The van der Waals surface area contributed by atoms with Gasteiger partial charge in [-0.15, -0.1) is 11.3 Å². The number of fused-ring (bicyclic) bond motifs is 2. The van der Waals surface area contributed by atoms with E-state index in [9.17, 15) is 14.4 Å². The van der Waals surface area contributed by atoms with Crippen LogP contribution in [0, 0.1) is 11.8 Å². The highest BCUT2D eigenvalue weighted by atomic mass is 32.1. The number of anilines is 1. The first-order chi connectivity index (χ1) is 12.0. The summed E-state index contributed by atoms with van der Waals surface area (Å²) >= 11 is 1.47. The SMILES string of the molecule is CN1CCc2nc(NC(=O)CN3C(=O)[C@@H]4CCCC[C@H]4C3=O)sc2C1. The molecule has 1 saturated heterocycles. The Bertz CT molecular complexity index is 707. The highest BCUT2D eigenvalue weighted by Crippen LogP contribution is 2.38. The first-order valence-electron chi connectivity index (χ1n) is 8.85. The molecule has 2 aliphatic heterocycles. The summed E-state index contributed by atoms with van der Waals surface area (Å²) in [6.45, 7) is 1.60. The summed E-state index contributed by atoms with van der Waals surface area (Å²) in [6, 6.07) is 0. The average molecular weight is 362 g/mol. The monoisotopic (exact) mass is 362 g/mol. The molecule has 4 rings (SSSR count). The number of carbonyl (C=O) groups is 3. The smallest absolute Gasteiger partial charge is 0.246 e. The first-order valence-corrected chi connectivity index (χ1v) is 9.67. The number of rotatable bonds is 3. The van der Waals surface area contributed by atoms with Gasteiger partial charge in [0.2, 0.25) is 17.7 Å². The number of thiazole rings is 1. The maximum absolute atomic E-state index is 12.4. The Hall–Kier alpha value is -1.80. The lowest BCUT2D eigenvalue weighted by atomic mass is 9.81. The van der Waals surface area contributed by atoms with Gasteiger partial charge < -0.3 is 10.2 Å². The van der Waals surface area contributed by atoms with Crippen LogP contribution < -0.4 is 5.32 Å². The number of nitrogens with one attached hydrogen (secondary N) is 1. The second kappa shape index (κ2) is 6.49. The molecule has 1 saturated carbocycles. The van der Waals surface area contributed by atoms with Crippen LogP contribution in [-0.2, 0) is 27.3 Å². The van der Waals surface area contributed by atoms with Gasteiger partial charge in [-0.3, -0.25) is 19.3 Å². The third kappa shape index (κ3) is 3.08. The Kier molecular flexibility index (Phi) is 4.33. The molecule has 7 nitrogen and oxygen atoms in total. The molecule has 3 aliphatic rings. The van der Waals surface area contributed by atoms with Crippen molar-refractivity contribution in [2.75, 3.05) is 25.5 Å². The van der Waals surface area contributed by atoms with Gasteiger partial charge in [-0.2, -0.15) is 0 Å². The number of hydrogen-bond donors (Lipinski definition) is 1. The molecule has 0 radical (unpaired) electrons. The first kappa shape index (κ1) is 16.7. The number of aromatic nitrogens is 1. The lowest BCUT2D eigenvalue weighted by Crippen LogP contribution is -2.38. The van der Waals surface area contributed by atoms with Crippen molar-refractivity contribution in [1.29, 1.82) is 0 Å². The van der Waals surface area contributed by atoms with Crippen molar-refractivity contribution in [2.24, 2.45) is 11.8 Å². The van der Waals surface area contributed by atoms with Crippen molar-refractivity contribution < 1.29 is 14.4 Å². The third-order valence-corrected chi connectivity index (χ3v) is 6.40. The summed E-state index contributed by atoms with van der Waals surface area (Å²) in [6.07, 6.45) is 4.38. The summed E-state index contributed by atoms with van der Waals surface area (Å²) in [5, 5.41) is 3.32. The van der Waals surface area contributed by atoms with E-state index in [-0.39, 0.29) is 36.1 Å². The summed E-state index contributed by atoms with van der Waals surface area (Å²) in [4.78, 5) is 46.2. The lowest BCUT2D eigenvalue weighted by molar-refractivity contribution is -0.142. The molecule has 3 heterocycles. The van der Waals surface area contributed by atoms with Gasteiger partial charge in [0, 0.05) is 24.4 Å². The van der Waals surface area contributed by atoms with Crippen LogP contribution in [0.25, 0.3) is 0 Å². The van der Waals surface area contributed by atoms with Crippen LogP contribution in [-0.4, -0.2) is 52.6 Å². The van der Waals surface area contributed by atoms with Gasteiger partial charge in [0.15, 0.2) is 5.13 Å². The molecule has 0 unspecified atom stereocenters. The van der Waals surface area contributed by atoms with E-state index in [1.165, 1.54) is 16.2 Å². The van der Waals surface area contributed by atoms with Crippen LogP contribution in [0.15, 0.2) is 0 Å². The minimum Gasteiger partial charge on any atom is -0.301 e. The van der Waals surface area contributed by atoms with E-state index in [1.807, 2.05) is 0 Å². The van der Waals surface area contributed by atoms with E-state index >= 15 is 0 Å². The Labute approximate surface area is 150 Å². The van der Waals surface area contributed by atoms with Crippen molar-refractivity contribution in [2.45, 2.75) is 38.6 Å². The molecule has 1 aromatic rings. The van der Waals surface area contributed by atoms with E-state index in [2.05, 4.69) is 22.2 Å². The van der Waals surface area contributed by atoms with E-state index in [1.54, 1.807) is 0 Å². The molecule has 1 aliphatic carbocycles. The molecule has 25 heavy (non-hydrogen) atoms. The predicted octanol–water partition coefficient (Wildman–Crippen LogP) is 1.24. The fraction of sp³-hybridized carbons (Fsp3) is 0.647. The van der Waals surface area contributed by atoms with Gasteiger partial charge in [-0.05, 0) is 19.9 Å². The summed E-state index contributed by atoms with van der Waals surface area (Å²) in [5.74, 6) is -1.12. The molecular weight excluding hydrogens is 340 g/mol. The standard InChI is InChI=1S/C17H22N4O3S/c1-20-7-6-12-13(8-20)25-17(18-12)19-14(22)9-21-15(23)10-4-2-3-5-11(10)16(21)24/h10-11H,2-9H2,1H3,(H,18,19,22)/t10-,11-/m1/s1. The number of likely N-dealkylation sites (N-methyl/N-ethyl adjacent to an activating group) is 1. The fourth-order valence-electron chi connectivity index (χ4n) is 4.07. The zero-order valence-corrected chi connectivity index (χ0v) is 15.1. The fourth-order valence-corrected chi connectivity index (χ4v) is 5.17. The molecule has 2 fully saturated rings. The summed E-state index contributed by atoms with van der Waals surface area (Å²) in [5.41, 5.74) is 1.04. The van der Waals surface area contributed by atoms with E-state index < -0.39 is 0 Å². The number of nitrogens with zero attached hydrogens (tertiary/aromatic N) is 3. The van der Waals surface area contributed by atoms with E-state index in [0.29, 0.717) is 5.13 Å². The average Bonchev–Trinajstić information content (AvgIpc) is 3.09. The molecule has 1 aromatic heterocycles. The Balaban J connectivity index is 1.41. The molecule has 0 bridgehead atoms. The zero-order valence-electron chi connectivity index (χ0n) is 14.3. The van der Waals surface area contributed by atoms with Gasteiger partial charge in [0.05, 0.1) is 17.5 Å². The summed E-state index contributed by atoms with van der Waals surface area (Å²) in [7, 11) is 2.06. The van der Waals surface area contributed by atoms with Crippen molar-refractivity contribution in [3.8, 4) is 0 Å². The largest absolute Gasteiger partial charge is 0.301 e. The minimum atomic E-state index is -0.347. The van der Waals surface area contributed by atoms with Gasteiger partial charge in [-0.25, -0.2) is 4.98 Å². The molecule has 2 atom stereocenters. The quantitative estimate of drug-likeness (QED) is 0.818. The van der Waals surface area contributed by atoms with Crippen LogP contribution in [0.3, 0.4) is 0 Å². The van der Waals surface area contributed by atoms with E-state index in [4.69, 9.17) is 0 Å². The molecule has 8 heteroatoms. The van der Waals surface area contributed by atoms with E-state index in [0.717, 1.165) is 55.8 Å². The maximum atomic E-state index is 12.4. The van der Waals surface area contributed by atoms with Gasteiger partial charge in [0.25, 0.3) is 0 Å². The van der Waals surface area contributed by atoms with Crippen molar-refractivity contribution in [3.63, 3.8) is 0 Å². The van der Waals surface area contributed by atoms with Crippen LogP contribution in [0.2, 0.25) is 0 Å². The van der Waals surface area contributed by atoms with Gasteiger partial charge >= 0.3 is 0 Å². The van der Waals surface area contributed by atoms with Crippen LogP contribution in [0.1, 0.15) is 36.3 Å². The zero-order chi connectivity index (χ0) is 17.6. The maximum Gasteiger partial charge on any atom is 0.246 e. The highest BCUT2D eigenvalue weighted by molar-refractivity contribution is 7.15. The Morgan fingerprint density at radius 3 is 2.60 bits per heavy atom. The van der Waals surface area contributed by atoms with Crippen LogP contribution >= 0.6 is 11.3 Å². The second-order valence-corrected chi connectivity index (χ2v) is 8.27. The third-order valence-electron chi connectivity index (χ3n) is 5.40. The molecular formula is C17H22N4O3S. The normalized spacial score (nSPS) is 26.5. The molecule has 134 valence electrons. The van der Waals surface area contributed by atoms with Crippen LogP contribution in [0.4, 0.5) is 5.13 Å². The number of carbonyl (C=O) groups excluding carboxylic acids is 3. The summed E-state index contributed by atoms with van der Waals surface area (Å²) < 4.78 is 0. The molecule has 0 aromatic carbocycles. The van der Waals surface area contributed by atoms with Crippen LogP contribution in [0.5, 0.6) is 0 Å². The second-order valence-electron chi connectivity index (χ2n) is 7.18. The lowest BCUT2D eigenvalue weighted by Gasteiger charge is -2.20.